The van der Waals surface area contributed by atoms with E-state index in [0.717, 1.165) is 32.7 Å². The van der Waals surface area contributed by atoms with Crippen molar-refractivity contribution in [3.05, 3.63) is 0 Å². The Morgan fingerprint density at radius 3 is 2.35 bits per heavy atom. The summed E-state index contributed by atoms with van der Waals surface area (Å²) < 4.78 is 5.39. The third-order valence-electron chi connectivity index (χ3n) is 2.87. The van der Waals surface area contributed by atoms with Gasteiger partial charge in [0.05, 0.1) is 25.4 Å². The molecule has 1 heterocycles. The average molecular weight is 240 g/mol. The van der Waals surface area contributed by atoms with Crippen molar-refractivity contribution in [2.24, 2.45) is 0 Å². The molecular weight excluding hydrogens is 216 g/mol. The smallest absolute Gasteiger partial charge is 0.0900 e. The van der Waals surface area contributed by atoms with Gasteiger partial charge in [0, 0.05) is 32.7 Å². The average Bonchev–Trinajstić information content (AvgIpc) is 2.29. The van der Waals surface area contributed by atoms with Crippen molar-refractivity contribution in [3.8, 4) is 12.3 Å². The molecule has 98 valence electrons. The lowest BCUT2D eigenvalue weighted by molar-refractivity contribution is -0.0139. The number of hydrogen-bond donors (Lipinski definition) is 1. The molecule has 17 heavy (non-hydrogen) atoms. The van der Waals surface area contributed by atoms with Gasteiger partial charge < -0.3 is 9.84 Å². The quantitative estimate of drug-likeness (QED) is 0.664. The van der Waals surface area contributed by atoms with Crippen LogP contribution in [0.5, 0.6) is 0 Å². The number of terminal acetylenes is 1. The summed E-state index contributed by atoms with van der Waals surface area (Å²) in [4.78, 5) is 4.52. The molecular formula is C13H24N2O2. The van der Waals surface area contributed by atoms with E-state index in [4.69, 9.17) is 11.2 Å². The molecule has 0 aromatic carbocycles. The molecule has 0 amide bonds. The summed E-state index contributed by atoms with van der Waals surface area (Å²) in [6.07, 6.45) is 5.07. The standard InChI is InChI=1S/C13H24N2O2/c1-4-5-14-6-8-15(9-7-14)10-13(16)11-17-12(2)3/h1,12-13,16H,5-11H2,2-3H3. The van der Waals surface area contributed by atoms with Crippen LogP contribution in [0.2, 0.25) is 0 Å². The molecule has 1 rings (SSSR count). The largest absolute Gasteiger partial charge is 0.389 e. The molecule has 0 aromatic rings. The zero-order valence-electron chi connectivity index (χ0n) is 10.9. The molecule has 1 saturated heterocycles. The van der Waals surface area contributed by atoms with Gasteiger partial charge in [-0.25, -0.2) is 0 Å². The van der Waals surface area contributed by atoms with Gasteiger partial charge in [0.2, 0.25) is 0 Å². The van der Waals surface area contributed by atoms with Crippen LogP contribution in [0.3, 0.4) is 0 Å². The Bertz CT molecular complexity index is 242. The first kappa shape index (κ1) is 14.5. The van der Waals surface area contributed by atoms with Crippen molar-refractivity contribution in [1.29, 1.82) is 0 Å². The van der Waals surface area contributed by atoms with Crippen LogP contribution in [0, 0.1) is 12.3 Å². The van der Waals surface area contributed by atoms with E-state index in [9.17, 15) is 5.11 Å². The summed E-state index contributed by atoms with van der Waals surface area (Å²) in [5.74, 6) is 2.66. The summed E-state index contributed by atoms with van der Waals surface area (Å²) in [7, 11) is 0. The molecule has 1 aliphatic rings. The van der Waals surface area contributed by atoms with E-state index >= 15 is 0 Å². The fourth-order valence-electron chi connectivity index (χ4n) is 1.91. The second-order valence-corrected chi connectivity index (χ2v) is 4.82. The van der Waals surface area contributed by atoms with Gasteiger partial charge in [-0.1, -0.05) is 5.92 Å². The van der Waals surface area contributed by atoms with Gasteiger partial charge in [-0.05, 0) is 13.8 Å². The van der Waals surface area contributed by atoms with E-state index in [1.165, 1.54) is 0 Å². The van der Waals surface area contributed by atoms with Crippen LogP contribution in [0.1, 0.15) is 13.8 Å². The third-order valence-corrected chi connectivity index (χ3v) is 2.87. The van der Waals surface area contributed by atoms with Crippen LogP contribution < -0.4 is 0 Å². The topological polar surface area (TPSA) is 35.9 Å². The number of piperazine rings is 1. The van der Waals surface area contributed by atoms with E-state index in [1.807, 2.05) is 13.8 Å². The molecule has 0 saturated carbocycles. The minimum absolute atomic E-state index is 0.178. The molecule has 1 fully saturated rings. The number of aliphatic hydroxyl groups excluding tert-OH is 1. The normalized spacial score (nSPS) is 20.4. The predicted octanol–water partition coefficient (Wildman–Crippen LogP) is 0.0231. The molecule has 0 bridgehead atoms. The Labute approximate surface area is 105 Å². The SMILES string of the molecule is C#CCN1CCN(CC(O)COC(C)C)CC1. The van der Waals surface area contributed by atoms with Crippen molar-refractivity contribution in [1.82, 2.24) is 9.80 Å². The van der Waals surface area contributed by atoms with Gasteiger partial charge in [-0.15, -0.1) is 6.42 Å². The zero-order valence-corrected chi connectivity index (χ0v) is 10.9. The van der Waals surface area contributed by atoms with E-state index in [1.54, 1.807) is 0 Å². The molecule has 4 nitrogen and oxygen atoms in total. The maximum atomic E-state index is 9.81. The summed E-state index contributed by atoms with van der Waals surface area (Å²) in [6.45, 7) is 9.72. The summed E-state index contributed by atoms with van der Waals surface area (Å²) in [5.41, 5.74) is 0. The van der Waals surface area contributed by atoms with Crippen molar-refractivity contribution in [3.63, 3.8) is 0 Å². The second-order valence-electron chi connectivity index (χ2n) is 4.82. The lowest BCUT2D eigenvalue weighted by Gasteiger charge is -2.34. The third kappa shape index (κ3) is 6.04. The van der Waals surface area contributed by atoms with Gasteiger partial charge in [-0.3, -0.25) is 9.80 Å². The highest BCUT2D eigenvalue weighted by Gasteiger charge is 2.18. The van der Waals surface area contributed by atoms with Crippen molar-refractivity contribution >= 4 is 0 Å². The zero-order chi connectivity index (χ0) is 12.7. The minimum atomic E-state index is -0.392. The fourth-order valence-corrected chi connectivity index (χ4v) is 1.91. The number of ether oxygens (including phenoxy) is 1. The number of rotatable bonds is 6. The first-order valence-electron chi connectivity index (χ1n) is 6.29. The van der Waals surface area contributed by atoms with Gasteiger partial charge in [0.1, 0.15) is 0 Å². The van der Waals surface area contributed by atoms with Crippen LogP contribution in [0.25, 0.3) is 0 Å². The molecule has 1 aliphatic heterocycles. The second kappa shape index (κ2) is 7.67. The van der Waals surface area contributed by atoms with Crippen LogP contribution in [0.4, 0.5) is 0 Å². The predicted molar refractivity (Wildman–Crippen MR) is 68.8 cm³/mol. The van der Waals surface area contributed by atoms with E-state index < -0.39 is 6.10 Å². The first-order valence-corrected chi connectivity index (χ1v) is 6.29. The molecule has 1 unspecified atom stereocenters. The van der Waals surface area contributed by atoms with E-state index in [0.29, 0.717) is 13.2 Å². The number of nitrogens with zero attached hydrogens (tertiary/aromatic N) is 2. The monoisotopic (exact) mass is 240 g/mol. The number of β-amino-alcohol motifs (C(OH)–C–C–N with tert-alkyl or cyclic N) is 1. The molecule has 0 radical (unpaired) electrons. The van der Waals surface area contributed by atoms with Crippen molar-refractivity contribution in [2.75, 3.05) is 45.9 Å². The van der Waals surface area contributed by atoms with Gasteiger partial charge >= 0.3 is 0 Å². The molecule has 0 aliphatic carbocycles. The number of aliphatic hydroxyl groups is 1. The first-order chi connectivity index (χ1) is 8.11. The highest BCUT2D eigenvalue weighted by atomic mass is 16.5. The Kier molecular flexibility index (Phi) is 6.53. The van der Waals surface area contributed by atoms with Crippen LogP contribution in [-0.4, -0.2) is 73.0 Å². The molecule has 1 atom stereocenters. The maximum Gasteiger partial charge on any atom is 0.0900 e. The van der Waals surface area contributed by atoms with Crippen LogP contribution in [0.15, 0.2) is 0 Å². The number of hydrogen-bond acceptors (Lipinski definition) is 4. The van der Waals surface area contributed by atoms with Gasteiger partial charge in [0.15, 0.2) is 0 Å². The van der Waals surface area contributed by atoms with Crippen molar-refractivity contribution in [2.45, 2.75) is 26.1 Å². The molecule has 1 N–H and O–H groups in total. The lowest BCUT2D eigenvalue weighted by atomic mass is 10.2. The Balaban J connectivity index is 2.15. The fraction of sp³-hybridized carbons (Fsp3) is 0.846. The Hall–Kier alpha value is -0.600. The molecule has 0 aromatic heterocycles. The van der Waals surface area contributed by atoms with E-state index in [-0.39, 0.29) is 6.10 Å². The highest BCUT2D eigenvalue weighted by Crippen LogP contribution is 2.03. The van der Waals surface area contributed by atoms with Gasteiger partial charge in [-0.2, -0.15) is 0 Å². The summed E-state index contributed by atoms with van der Waals surface area (Å²) in [6, 6.07) is 0. The van der Waals surface area contributed by atoms with Crippen LogP contribution >= 0.6 is 0 Å². The minimum Gasteiger partial charge on any atom is -0.389 e. The van der Waals surface area contributed by atoms with E-state index in [2.05, 4.69) is 15.7 Å². The Morgan fingerprint density at radius 2 is 1.82 bits per heavy atom. The Morgan fingerprint density at radius 1 is 1.24 bits per heavy atom. The van der Waals surface area contributed by atoms with Crippen LogP contribution in [-0.2, 0) is 4.74 Å². The van der Waals surface area contributed by atoms with Gasteiger partial charge in [0.25, 0.3) is 0 Å². The highest BCUT2D eigenvalue weighted by molar-refractivity contribution is 4.89. The summed E-state index contributed by atoms with van der Waals surface area (Å²) >= 11 is 0. The molecule has 4 heteroatoms. The lowest BCUT2D eigenvalue weighted by Crippen LogP contribution is -2.49. The summed E-state index contributed by atoms with van der Waals surface area (Å²) in [5, 5.41) is 9.81. The maximum absolute atomic E-state index is 9.81. The van der Waals surface area contributed by atoms with Crippen molar-refractivity contribution < 1.29 is 9.84 Å². The molecule has 0 spiro atoms.